The molecule has 2 aliphatic rings. The first-order chi connectivity index (χ1) is 18.5. The lowest BCUT2D eigenvalue weighted by Gasteiger charge is -2.24. The lowest BCUT2D eigenvalue weighted by molar-refractivity contribution is 0.111. The third-order valence-electron chi connectivity index (χ3n) is 7.42. The highest BCUT2D eigenvalue weighted by Crippen LogP contribution is 2.40. The maximum absolute atomic E-state index is 15.5. The average molecular weight is 513 g/mol. The van der Waals surface area contributed by atoms with Crippen LogP contribution >= 0.6 is 0 Å². The lowest BCUT2D eigenvalue weighted by atomic mass is 9.92. The van der Waals surface area contributed by atoms with Gasteiger partial charge in [-0.3, -0.25) is 4.68 Å². The van der Waals surface area contributed by atoms with Gasteiger partial charge in [-0.05, 0) is 30.0 Å². The van der Waals surface area contributed by atoms with E-state index < -0.39 is 11.9 Å². The average Bonchev–Trinajstić information content (AvgIpc) is 3.48. The topological polar surface area (TPSA) is 129 Å². The quantitative estimate of drug-likeness (QED) is 0.311. The molecule has 1 unspecified atom stereocenters. The van der Waals surface area contributed by atoms with Crippen LogP contribution in [0.3, 0.4) is 0 Å². The summed E-state index contributed by atoms with van der Waals surface area (Å²) in [6.45, 7) is 3.68. The van der Waals surface area contributed by atoms with E-state index in [0.29, 0.717) is 70.1 Å². The summed E-state index contributed by atoms with van der Waals surface area (Å²) in [7, 11) is 0. The van der Waals surface area contributed by atoms with Crippen molar-refractivity contribution in [3.63, 3.8) is 0 Å². The Kier molecular flexibility index (Phi) is 5.08. The fraction of sp³-hybridized carbons (Fsp3) is 0.259. The highest BCUT2D eigenvalue weighted by Gasteiger charge is 2.26. The number of ether oxygens (including phenoxy) is 1. The van der Waals surface area contributed by atoms with Crippen LogP contribution in [0.5, 0.6) is 5.88 Å². The Balaban J connectivity index is 1.25. The molecule has 6 heterocycles. The summed E-state index contributed by atoms with van der Waals surface area (Å²) in [4.78, 5) is 13.2. The van der Waals surface area contributed by atoms with Gasteiger partial charge in [0.25, 0.3) is 0 Å². The first-order valence-electron chi connectivity index (χ1n) is 12.5. The van der Waals surface area contributed by atoms with Crippen molar-refractivity contribution in [1.29, 1.82) is 0 Å². The molecule has 5 aromatic rings. The number of nitrogens with zero attached hydrogens (tertiary/aromatic N) is 6. The number of imidazole rings is 1. The molecule has 1 aromatic carbocycles. The van der Waals surface area contributed by atoms with E-state index >= 15 is 4.39 Å². The Morgan fingerprint density at radius 2 is 2.03 bits per heavy atom. The molecule has 2 aliphatic heterocycles. The molecule has 10 nitrogen and oxygen atoms in total. The number of hydrogen-bond acceptors (Lipinski definition) is 8. The Hall–Kier alpha value is -4.51. The van der Waals surface area contributed by atoms with Gasteiger partial charge in [0, 0.05) is 78.0 Å². The molecule has 0 saturated heterocycles. The molecule has 7 rings (SSSR count). The van der Waals surface area contributed by atoms with E-state index in [4.69, 9.17) is 15.6 Å². The van der Waals surface area contributed by atoms with Gasteiger partial charge in [0.2, 0.25) is 5.88 Å². The van der Waals surface area contributed by atoms with Gasteiger partial charge in [0.05, 0.1) is 24.9 Å². The molecule has 11 heteroatoms. The summed E-state index contributed by atoms with van der Waals surface area (Å²) < 4.78 is 25.2. The van der Waals surface area contributed by atoms with Crippen LogP contribution in [-0.4, -0.2) is 41.0 Å². The minimum atomic E-state index is -0.711. The lowest BCUT2D eigenvalue weighted by Crippen LogP contribution is -2.16. The van der Waals surface area contributed by atoms with Crippen LogP contribution < -0.4 is 15.8 Å². The molecule has 0 fully saturated rings. The van der Waals surface area contributed by atoms with Crippen molar-refractivity contribution in [2.24, 2.45) is 0 Å². The van der Waals surface area contributed by atoms with E-state index in [0.717, 1.165) is 24.5 Å². The number of pyridine rings is 2. The highest BCUT2D eigenvalue weighted by molar-refractivity contribution is 5.98. The molecule has 4 N–H and O–H groups in total. The second kappa shape index (κ2) is 8.52. The summed E-state index contributed by atoms with van der Waals surface area (Å²) in [5.74, 6) is 2.04. The molecular formula is C27H25FN8O2. The van der Waals surface area contributed by atoms with Crippen molar-refractivity contribution in [2.75, 3.05) is 17.7 Å². The summed E-state index contributed by atoms with van der Waals surface area (Å²) in [6, 6.07) is 5.58. The zero-order valence-electron chi connectivity index (χ0n) is 20.6. The number of nitrogen functional groups attached to an aromatic ring is 1. The van der Waals surface area contributed by atoms with Gasteiger partial charge >= 0.3 is 0 Å². The number of aryl methyl sites for hydroxylation is 2. The number of aromatic nitrogens is 6. The number of aliphatic hydroxyl groups is 1. The molecule has 0 aliphatic carbocycles. The van der Waals surface area contributed by atoms with Gasteiger partial charge in [-0.2, -0.15) is 5.10 Å². The van der Waals surface area contributed by atoms with Crippen LogP contribution in [0.2, 0.25) is 0 Å². The number of halogens is 1. The number of anilines is 3. The highest BCUT2D eigenvalue weighted by atomic mass is 19.1. The third kappa shape index (κ3) is 3.58. The SMILES string of the molecule is Cc1c(-c2cc3cc(Nc4cc5n(n4)Cc4nccn4CC5)ncc3c(N)c2F)cnc2c1C(O)CCO2. The van der Waals surface area contributed by atoms with Gasteiger partial charge in [-0.15, -0.1) is 0 Å². The predicted octanol–water partition coefficient (Wildman–Crippen LogP) is 3.88. The van der Waals surface area contributed by atoms with E-state index in [2.05, 4.69) is 24.8 Å². The molecule has 192 valence electrons. The van der Waals surface area contributed by atoms with Gasteiger partial charge in [0.1, 0.15) is 11.6 Å². The van der Waals surface area contributed by atoms with Crippen molar-refractivity contribution in [3.05, 3.63) is 71.4 Å². The van der Waals surface area contributed by atoms with Crippen LogP contribution in [-0.2, 0) is 19.5 Å². The van der Waals surface area contributed by atoms with Crippen molar-refractivity contribution >= 4 is 28.1 Å². The second-order valence-corrected chi connectivity index (χ2v) is 9.70. The minimum absolute atomic E-state index is 0.00896. The van der Waals surface area contributed by atoms with E-state index in [9.17, 15) is 5.11 Å². The second-order valence-electron chi connectivity index (χ2n) is 9.70. The van der Waals surface area contributed by atoms with Crippen LogP contribution in [0.4, 0.5) is 21.7 Å². The van der Waals surface area contributed by atoms with Crippen molar-refractivity contribution in [1.82, 2.24) is 29.3 Å². The summed E-state index contributed by atoms with van der Waals surface area (Å²) in [5, 5.41) is 19.7. The molecule has 4 aromatic heterocycles. The molecule has 1 atom stereocenters. The molecule has 0 spiro atoms. The molecule has 0 amide bonds. The number of hydrogen-bond donors (Lipinski definition) is 3. The number of nitrogens with one attached hydrogen (secondary N) is 1. The third-order valence-corrected chi connectivity index (χ3v) is 7.42. The molecule has 38 heavy (non-hydrogen) atoms. The first-order valence-corrected chi connectivity index (χ1v) is 12.5. The maximum Gasteiger partial charge on any atom is 0.219 e. The van der Waals surface area contributed by atoms with Crippen LogP contribution in [0.25, 0.3) is 21.9 Å². The van der Waals surface area contributed by atoms with Gasteiger partial charge < -0.3 is 25.5 Å². The summed E-state index contributed by atoms with van der Waals surface area (Å²) in [6.07, 6.45) is 7.52. The first kappa shape index (κ1) is 22.7. The van der Waals surface area contributed by atoms with E-state index in [1.54, 1.807) is 18.5 Å². The Morgan fingerprint density at radius 3 is 2.92 bits per heavy atom. The van der Waals surface area contributed by atoms with Crippen molar-refractivity contribution in [2.45, 2.75) is 39.0 Å². The largest absolute Gasteiger partial charge is 0.477 e. The Labute approximate surface area is 216 Å². The van der Waals surface area contributed by atoms with Gasteiger partial charge in [0.15, 0.2) is 11.6 Å². The van der Waals surface area contributed by atoms with Crippen LogP contribution in [0, 0.1) is 12.7 Å². The van der Waals surface area contributed by atoms with Crippen molar-refractivity contribution in [3.8, 4) is 17.0 Å². The number of nitrogens with two attached hydrogens (primary N) is 1. The van der Waals surface area contributed by atoms with E-state index in [-0.39, 0.29) is 5.69 Å². The van der Waals surface area contributed by atoms with Crippen LogP contribution in [0.1, 0.15) is 35.2 Å². The normalized spacial score (nSPS) is 16.3. The number of benzene rings is 1. The smallest absolute Gasteiger partial charge is 0.219 e. The number of fused-ring (bicyclic) bond motifs is 4. The number of aliphatic hydroxyl groups excluding tert-OH is 1. The van der Waals surface area contributed by atoms with E-state index in [1.807, 2.05) is 36.1 Å². The molecule has 0 radical (unpaired) electrons. The molecular weight excluding hydrogens is 487 g/mol. The standard InChI is InChI=1S/C27H25FN8O2/c1-14-18(11-32-27-24(14)20(37)3-7-38-27)17-8-15-9-21(31-12-19(15)26(29)25(17)28)33-22-10-16-2-5-35-6-4-30-23(35)13-36(16)34-22/h4,6,8-12,20,37H,2-3,5,7,13,29H2,1H3,(H,31,33,34). The molecule has 0 saturated carbocycles. The van der Waals surface area contributed by atoms with Gasteiger partial charge in [-0.25, -0.2) is 19.3 Å². The molecule has 0 bridgehead atoms. The van der Waals surface area contributed by atoms with Crippen molar-refractivity contribution < 1.29 is 14.2 Å². The van der Waals surface area contributed by atoms with E-state index in [1.165, 1.54) is 0 Å². The zero-order chi connectivity index (χ0) is 26.0. The van der Waals surface area contributed by atoms with Crippen LogP contribution in [0.15, 0.2) is 43.0 Å². The fourth-order valence-electron chi connectivity index (χ4n) is 5.40. The summed E-state index contributed by atoms with van der Waals surface area (Å²) >= 11 is 0. The van der Waals surface area contributed by atoms with Gasteiger partial charge in [-0.1, -0.05) is 0 Å². The predicted molar refractivity (Wildman–Crippen MR) is 140 cm³/mol. The Bertz CT molecular complexity index is 1730. The fourth-order valence-corrected chi connectivity index (χ4v) is 5.40. The Morgan fingerprint density at radius 1 is 1.13 bits per heavy atom. The maximum atomic E-state index is 15.5. The monoisotopic (exact) mass is 512 g/mol. The number of rotatable bonds is 3. The minimum Gasteiger partial charge on any atom is -0.477 e. The summed E-state index contributed by atoms with van der Waals surface area (Å²) in [5.41, 5.74) is 9.51. The zero-order valence-corrected chi connectivity index (χ0v) is 20.6.